The molecule has 2 rings (SSSR count). The highest BCUT2D eigenvalue weighted by atomic mass is 14.2. The van der Waals surface area contributed by atoms with E-state index in [4.69, 9.17) is 0 Å². The highest BCUT2D eigenvalue weighted by molar-refractivity contribution is 5.37. The third-order valence-electron chi connectivity index (χ3n) is 3.03. The van der Waals surface area contributed by atoms with Crippen LogP contribution in [0.15, 0.2) is 43.0 Å². The molecule has 0 radical (unpaired) electrons. The smallest absolute Gasteiger partial charge is 0.0184 e. The van der Waals surface area contributed by atoms with Crippen molar-refractivity contribution in [2.45, 2.75) is 39.5 Å². The SMILES string of the molecule is C=CC(=C)C.Cc1ccc2c(c1)C(C)CC2. The minimum Gasteiger partial charge on any atom is -0.0988 e. The van der Waals surface area contributed by atoms with Gasteiger partial charge in [-0.05, 0) is 43.7 Å². The highest BCUT2D eigenvalue weighted by Gasteiger charge is 2.17. The van der Waals surface area contributed by atoms with Crippen LogP contribution in [0, 0.1) is 6.92 Å². The molecule has 86 valence electrons. The lowest BCUT2D eigenvalue weighted by molar-refractivity contribution is 0.747. The molecule has 1 aliphatic carbocycles. The molecule has 0 saturated heterocycles. The summed E-state index contributed by atoms with van der Waals surface area (Å²) in [7, 11) is 0. The van der Waals surface area contributed by atoms with Crippen LogP contribution in [0.3, 0.4) is 0 Å². The molecular weight excluding hydrogens is 192 g/mol. The molecule has 0 nitrogen and oxygen atoms in total. The van der Waals surface area contributed by atoms with Crippen molar-refractivity contribution in [3.63, 3.8) is 0 Å². The molecule has 1 aliphatic rings. The molecule has 1 aromatic carbocycles. The van der Waals surface area contributed by atoms with Gasteiger partial charge in [0, 0.05) is 0 Å². The zero-order valence-electron chi connectivity index (χ0n) is 10.7. The average Bonchev–Trinajstić information content (AvgIpc) is 2.61. The molecule has 0 spiro atoms. The standard InChI is InChI=1S/C11H14.C5H8/c1-8-3-5-10-6-4-9(2)11(10)7-8;1-4-5(2)3/h3,5,7,9H,4,6H2,1-2H3;4H,1-2H2,3H3. The largest absolute Gasteiger partial charge is 0.0988 e. The van der Waals surface area contributed by atoms with Crippen LogP contribution in [0.4, 0.5) is 0 Å². The van der Waals surface area contributed by atoms with Crippen molar-refractivity contribution >= 4 is 0 Å². The van der Waals surface area contributed by atoms with E-state index < -0.39 is 0 Å². The van der Waals surface area contributed by atoms with Crippen molar-refractivity contribution < 1.29 is 0 Å². The van der Waals surface area contributed by atoms with Gasteiger partial charge in [0.15, 0.2) is 0 Å². The number of allylic oxidation sites excluding steroid dienone is 2. The number of fused-ring (bicyclic) bond motifs is 1. The normalized spacial score (nSPS) is 17.1. The fraction of sp³-hybridized carbons (Fsp3) is 0.375. The van der Waals surface area contributed by atoms with Gasteiger partial charge in [-0.15, -0.1) is 0 Å². The molecule has 0 saturated carbocycles. The van der Waals surface area contributed by atoms with Gasteiger partial charge in [0.2, 0.25) is 0 Å². The van der Waals surface area contributed by atoms with Crippen molar-refractivity contribution in [3.8, 4) is 0 Å². The van der Waals surface area contributed by atoms with Crippen LogP contribution in [0.1, 0.15) is 42.9 Å². The molecule has 0 aliphatic heterocycles. The second kappa shape index (κ2) is 5.69. The molecule has 0 aromatic heterocycles. The predicted octanol–water partition coefficient (Wildman–Crippen LogP) is 4.79. The summed E-state index contributed by atoms with van der Waals surface area (Å²) in [6.07, 6.45) is 4.36. The van der Waals surface area contributed by atoms with Gasteiger partial charge >= 0.3 is 0 Å². The number of aryl methyl sites for hydroxylation is 2. The van der Waals surface area contributed by atoms with Crippen LogP contribution < -0.4 is 0 Å². The Morgan fingerprint density at radius 1 is 1.44 bits per heavy atom. The molecule has 1 unspecified atom stereocenters. The van der Waals surface area contributed by atoms with Gasteiger partial charge in [-0.1, -0.05) is 55.5 Å². The molecule has 1 atom stereocenters. The number of hydrogen-bond acceptors (Lipinski definition) is 0. The molecule has 16 heavy (non-hydrogen) atoms. The maximum Gasteiger partial charge on any atom is -0.0184 e. The van der Waals surface area contributed by atoms with E-state index in [1.54, 1.807) is 17.2 Å². The van der Waals surface area contributed by atoms with Gasteiger partial charge in [-0.3, -0.25) is 0 Å². The Hall–Kier alpha value is -1.30. The van der Waals surface area contributed by atoms with E-state index >= 15 is 0 Å². The average molecular weight is 214 g/mol. The first-order valence-electron chi connectivity index (χ1n) is 5.92. The van der Waals surface area contributed by atoms with E-state index in [1.165, 1.54) is 18.4 Å². The third kappa shape index (κ3) is 3.37. The van der Waals surface area contributed by atoms with E-state index in [0.29, 0.717) is 0 Å². The Balaban J connectivity index is 0.000000221. The van der Waals surface area contributed by atoms with Crippen molar-refractivity contribution in [1.29, 1.82) is 0 Å². The summed E-state index contributed by atoms with van der Waals surface area (Å²) in [5, 5.41) is 0. The lowest BCUT2D eigenvalue weighted by Crippen LogP contribution is -1.86. The van der Waals surface area contributed by atoms with Gasteiger partial charge in [-0.2, -0.15) is 0 Å². The summed E-state index contributed by atoms with van der Waals surface area (Å²) in [6, 6.07) is 6.85. The van der Waals surface area contributed by atoms with Gasteiger partial charge < -0.3 is 0 Å². The van der Waals surface area contributed by atoms with Crippen LogP contribution in [0.25, 0.3) is 0 Å². The summed E-state index contributed by atoms with van der Waals surface area (Å²) < 4.78 is 0. The lowest BCUT2D eigenvalue weighted by atomic mass is 10.0. The summed E-state index contributed by atoms with van der Waals surface area (Å²) in [5.74, 6) is 0.796. The highest BCUT2D eigenvalue weighted by Crippen LogP contribution is 2.32. The minimum atomic E-state index is 0.796. The second-order valence-corrected chi connectivity index (χ2v) is 4.69. The van der Waals surface area contributed by atoms with E-state index in [-0.39, 0.29) is 0 Å². The van der Waals surface area contributed by atoms with Gasteiger partial charge in [-0.25, -0.2) is 0 Å². The van der Waals surface area contributed by atoms with E-state index in [1.807, 2.05) is 6.92 Å². The van der Waals surface area contributed by atoms with Crippen molar-refractivity contribution in [2.75, 3.05) is 0 Å². The van der Waals surface area contributed by atoms with Gasteiger partial charge in [0.05, 0.1) is 0 Å². The predicted molar refractivity (Wildman–Crippen MR) is 72.9 cm³/mol. The van der Waals surface area contributed by atoms with E-state index in [2.05, 4.69) is 45.2 Å². The van der Waals surface area contributed by atoms with Crippen LogP contribution in [-0.2, 0) is 6.42 Å². The van der Waals surface area contributed by atoms with Crippen molar-refractivity contribution in [3.05, 3.63) is 59.7 Å². The van der Waals surface area contributed by atoms with Gasteiger partial charge in [0.25, 0.3) is 0 Å². The lowest BCUT2D eigenvalue weighted by Gasteiger charge is -2.04. The molecule has 1 aromatic rings. The number of benzene rings is 1. The van der Waals surface area contributed by atoms with Crippen molar-refractivity contribution in [2.24, 2.45) is 0 Å². The van der Waals surface area contributed by atoms with Crippen molar-refractivity contribution in [1.82, 2.24) is 0 Å². The molecule has 0 bridgehead atoms. The Labute approximate surface area is 99.7 Å². The molecule has 0 N–H and O–H groups in total. The zero-order chi connectivity index (χ0) is 12.1. The molecule has 0 fully saturated rings. The minimum absolute atomic E-state index is 0.796. The Kier molecular flexibility index (Phi) is 4.54. The van der Waals surface area contributed by atoms with Crippen LogP contribution >= 0.6 is 0 Å². The molecule has 0 amide bonds. The monoisotopic (exact) mass is 214 g/mol. The summed E-state index contributed by atoms with van der Waals surface area (Å²) in [6.45, 7) is 13.4. The fourth-order valence-electron chi connectivity index (χ4n) is 1.93. The third-order valence-corrected chi connectivity index (χ3v) is 3.03. The topological polar surface area (TPSA) is 0 Å². The number of rotatable bonds is 1. The fourth-order valence-corrected chi connectivity index (χ4v) is 1.93. The zero-order valence-corrected chi connectivity index (χ0v) is 10.7. The van der Waals surface area contributed by atoms with Crippen LogP contribution in [0.5, 0.6) is 0 Å². The van der Waals surface area contributed by atoms with E-state index in [9.17, 15) is 0 Å². The first-order valence-corrected chi connectivity index (χ1v) is 5.92. The Morgan fingerprint density at radius 2 is 2.06 bits per heavy atom. The molecule has 0 heteroatoms. The van der Waals surface area contributed by atoms with Crippen LogP contribution in [-0.4, -0.2) is 0 Å². The first-order chi connectivity index (χ1) is 7.54. The summed E-state index contributed by atoms with van der Waals surface area (Å²) in [4.78, 5) is 0. The molecule has 0 heterocycles. The maximum atomic E-state index is 3.56. The quantitative estimate of drug-likeness (QED) is 0.589. The molecular formula is C16H22. The van der Waals surface area contributed by atoms with Gasteiger partial charge in [0.1, 0.15) is 0 Å². The van der Waals surface area contributed by atoms with Crippen LogP contribution in [0.2, 0.25) is 0 Å². The Morgan fingerprint density at radius 3 is 2.62 bits per heavy atom. The summed E-state index contributed by atoms with van der Waals surface area (Å²) in [5.41, 5.74) is 5.58. The first kappa shape index (κ1) is 12.8. The second-order valence-electron chi connectivity index (χ2n) is 4.69. The summed E-state index contributed by atoms with van der Waals surface area (Å²) >= 11 is 0. The number of hydrogen-bond donors (Lipinski definition) is 0. The van der Waals surface area contributed by atoms with E-state index in [0.717, 1.165) is 11.5 Å². The maximum absolute atomic E-state index is 3.56. The Bertz CT molecular complexity index is 385.